The lowest BCUT2D eigenvalue weighted by Gasteiger charge is -2.41. The van der Waals surface area contributed by atoms with Gasteiger partial charge in [0, 0.05) is 31.2 Å². The Labute approximate surface area is 162 Å². The molecule has 0 unspecified atom stereocenters. The Morgan fingerprint density at radius 2 is 1.79 bits per heavy atom. The topological polar surface area (TPSA) is 56.7 Å². The third-order valence-corrected chi connectivity index (χ3v) is 6.77. The van der Waals surface area contributed by atoms with Crippen molar-refractivity contribution in [1.82, 2.24) is 9.88 Å². The monoisotopic (exact) mass is 397 g/mol. The van der Waals surface area contributed by atoms with Gasteiger partial charge < -0.3 is 14.9 Å². The molecule has 1 aliphatic carbocycles. The van der Waals surface area contributed by atoms with E-state index in [4.69, 9.17) is 0 Å². The molecule has 2 saturated heterocycles. The summed E-state index contributed by atoms with van der Waals surface area (Å²) in [5.41, 5.74) is -1.01. The lowest BCUT2D eigenvalue weighted by atomic mass is 9.78. The van der Waals surface area contributed by atoms with Gasteiger partial charge >= 0.3 is 0 Å². The van der Waals surface area contributed by atoms with Gasteiger partial charge in [0.05, 0.1) is 11.5 Å². The lowest BCUT2D eigenvalue weighted by Crippen LogP contribution is -2.50. The first-order valence-corrected chi connectivity index (χ1v) is 10.1. The van der Waals surface area contributed by atoms with Crippen molar-refractivity contribution in [2.75, 3.05) is 24.5 Å². The third-order valence-electron chi connectivity index (χ3n) is 6.77. The summed E-state index contributed by atoms with van der Waals surface area (Å²) >= 11 is 0. The van der Waals surface area contributed by atoms with E-state index < -0.39 is 23.0 Å². The Morgan fingerprint density at radius 1 is 1.07 bits per heavy atom. The van der Waals surface area contributed by atoms with E-state index in [9.17, 15) is 23.1 Å². The van der Waals surface area contributed by atoms with Gasteiger partial charge in [-0.3, -0.25) is 4.79 Å². The number of carbonyl (C=O) groups is 1. The van der Waals surface area contributed by atoms with Crippen LogP contribution in [0.1, 0.15) is 50.5 Å². The molecule has 1 aromatic heterocycles. The minimum Gasteiger partial charge on any atom is -0.393 e. The largest absolute Gasteiger partial charge is 0.393 e. The van der Waals surface area contributed by atoms with E-state index in [0.29, 0.717) is 45.2 Å². The number of rotatable bonds is 2. The Balaban J connectivity index is 1.55. The molecule has 1 amide bonds. The SMILES string of the molecule is Cc1c(F)c(F)nc(N2CCC[C@@]3(CCN(C4CCC(O)CC4)C3=O)C2)c1F. The maximum absolute atomic E-state index is 14.6. The molecule has 1 spiro atoms. The number of amides is 1. The van der Waals surface area contributed by atoms with Crippen molar-refractivity contribution in [3.05, 3.63) is 23.1 Å². The van der Waals surface area contributed by atoms with Crippen molar-refractivity contribution in [2.24, 2.45) is 5.41 Å². The van der Waals surface area contributed by atoms with Gasteiger partial charge in [0.15, 0.2) is 17.5 Å². The average molecular weight is 397 g/mol. The molecular formula is C20H26F3N3O2. The first-order chi connectivity index (χ1) is 13.3. The number of pyridine rings is 1. The van der Waals surface area contributed by atoms with Crippen LogP contribution in [-0.4, -0.2) is 52.7 Å². The molecule has 1 N–H and O–H groups in total. The number of aromatic nitrogens is 1. The van der Waals surface area contributed by atoms with Crippen molar-refractivity contribution in [2.45, 2.75) is 64.0 Å². The second-order valence-electron chi connectivity index (χ2n) is 8.50. The van der Waals surface area contributed by atoms with Crippen LogP contribution in [0, 0.1) is 29.9 Å². The van der Waals surface area contributed by atoms with Crippen molar-refractivity contribution in [3.63, 3.8) is 0 Å². The summed E-state index contributed by atoms with van der Waals surface area (Å²) in [6.07, 6.45) is 4.77. The summed E-state index contributed by atoms with van der Waals surface area (Å²) in [5.74, 6) is -3.58. The predicted molar refractivity (Wildman–Crippen MR) is 97.3 cm³/mol. The summed E-state index contributed by atoms with van der Waals surface area (Å²) < 4.78 is 42.0. The molecule has 3 heterocycles. The molecule has 0 radical (unpaired) electrons. The van der Waals surface area contributed by atoms with E-state index in [2.05, 4.69) is 4.98 Å². The predicted octanol–water partition coefficient (Wildman–Crippen LogP) is 2.93. The van der Waals surface area contributed by atoms with Crippen molar-refractivity contribution >= 4 is 11.7 Å². The molecule has 2 aliphatic heterocycles. The Hall–Kier alpha value is -1.83. The second kappa shape index (κ2) is 7.21. The Morgan fingerprint density at radius 3 is 2.50 bits per heavy atom. The molecule has 3 fully saturated rings. The van der Waals surface area contributed by atoms with Crippen LogP contribution in [0.2, 0.25) is 0 Å². The summed E-state index contributed by atoms with van der Waals surface area (Å²) in [5, 5.41) is 9.72. The number of carbonyl (C=O) groups excluding carboxylic acids is 1. The molecule has 4 rings (SSSR count). The van der Waals surface area contributed by atoms with Crippen LogP contribution in [-0.2, 0) is 4.79 Å². The quantitative estimate of drug-likeness (QED) is 0.780. The highest BCUT2D eigenvalue weighted by molar-refractivity contribution is 5.86. The molecule has 0 aromatic carbocycles. The van der Waals surface area contributed by atoms with E-state index in [1.807, 2.05) is 4.90 Å². The number of halogens is 3. The van der Waals surface area contributed by atoms with Gasteiger partial charge in [0.1, 0.15) is 0 Å². The normalized spacial score (nSPS) is 31.1. The highest BCUT2D eigenvalue weighted by atomic mass is 19.2. The third kappa shape index (κ3) is 3.15. The highest BCUT2D eigenvalue weighted by Gasteiger charge is 2.51. The number of nitrogens with zero attached hydrogens (tertiary/aromatic N) is 3. The molecule has 0 bridgehead atoms. The van der Waals surface area contributed by atoms with Gasteiger partial charge in [0.25, 0.3) is 5.95 Å². The van der Waals surface area contributed by atoms with E-state index in [-0.39, 0.29) is 36.0 Å². The number of anilines is 1. The highest BCUT2D eigenvalue weighted by Crippen LogP contribution is 2.43. The Kier molecular flexibility index (Phi) is 5.02. The van der Waals surface area contributed by atoms with E-state index in [0.717, 1.165) is 12.8 Å². The zero-order valence-electron chi connectivity index (χ0n) is 16.1. The molecule has 1 saturated carbocycles. The number of likely N-dealkylation sites (tertiary alicyclic amines) is 1. The number of hydrogen-bond acceptors (Lipinski definition) is 4. The standard InChI is InChI=1S/C20H26F3N3O2/c1-12-15(21)17(23)24-18(16(12)22)25-9-2-7-20(11-25)8-10-26(19(20)28)13-3-5-14(27)6-4-13/h13-14,27H,2-11H2,1H3/t13?,14?,20-/m1/s1. The van der Waals surface area contributed by atoms with Gasteiger partial charge in [-0.1, -0.05) is 0 Å². The Bertz CT molecular complexity index is 782. The molecule has 1 aromatic rings. The summed E-state index contributed by atoms with van der Waals surface area (Å²) in [6.45, 7) is 2.57. The number of hydrogen-bond donors (Lipinski definition) is 1. The van der Waals surface area contributed by atoms with Gasteiger partial charge in [0.2, 0.25) is 5.91 Å². The fourth-order valence-corrected chi connectivity index (χ4v) is 5.08. The fraction of sp³-hybridized carbons (Fsp3) is 0.700. The number of aliphatic hydroxyl groups is 1. The number of piperidine rings is 1. The van der Waals surface area contributed by atoms with Crippen LogP contribution in [0.25, 0.3) is 0 Å². The fourth-order valence-electron chi connectivity index (χ4n) is 5.08. The molecule has 1 atom stereocenters. The van der Waals surface area contributed by atoms with Gasteiger partial charge in [-0.25, -0.2) is 8.78 Å². The van der Waals surface area contributed by atoms with Crippen molar-refractivity contribution in [3.8, 4) is 0 Å². The van der Waals surface area contributed by atoms with Crippen LogP contribution in [0.5, 0.6) is 0 Å². The smallest absolute Gasteiger partial charge is 0.251 e. The molecule has 8 heteroatoms. The van der Waals surface area contributed by atoms with E-state index in [1.54, 1.807) is 4.90 Å². The minimum atomic E-state index is -1.31. The van der Waals surface area contributed by atoms with Crippen LogP contribution in [0.15, 0.2) is 0 Å². The van der Waals surface area contributed by atoms with Crippen LogP contribution in [0.3, 0.4) is 0 Å². The summed E-state index contributed by atoms with van der Waals surface area (Å²) in [7, 11) is 0. The molecule has 3 aliphatic rings. The average Bonchev–Trinajstić information content (AvgIpc) is 2.99. The number of aliphatic hydroxyl groups excluding tert-OH is 1. The second-order valence-corrected chi connectivity index (χ2v) is 8.50. The van der Waals surface area contributed by atoms with E-state index >= 15 is 0 Å². The van der Waals surface area contributed by atoms with Crippen molar-refractivity contribution < 1.29 is 23.1 Å². The van der Waals surface area contributed by atoms with Crippen LogP contribution >= 0.6 is 0 Å². The maximum Gasteiger partial charge on any atom is 0.251 e. The maximum atomic E-state index is 14.6. The molecule has 5 nitrogen and oxygen atoms in total. The minimum absolute atomic E-state index is 0.0679. The lowest BCUT2D eigenvalue weighted by molar-refractivity contribution is -0.139. The van der Waals surface area contributed by atoms with Crippen LogP contribution < -0.4 is 4.90 Å². The molecule has 28 heavy (non-hydrogen) atoms. The van der Waals surface area contributed by atoms with Crippen molar-refractivity contribution in [1.29, 1.82) is 0 Å². The molecular weight excluding hydrogens is 371 g/mol. The first-order valence-electron chi connectivity index (χ1n) is 10.1. The van der Waals surface area contributed by atoms with Gasteiger partial charge in [-0.15, -0.1) is 0 Å². The zero-order chi connectivity index (χ0) is 20.1. The van der Waals surface area contributed by atoms with Gasteiger partial charge in [-0.05, 0) is 51.9 Å². The zero-order valence-corrected chi connectivity index (χ0v) is 16.1. The van der Waals surface area contributed by atoms with Crippen LogP contribution in [0.4, 0.5) is 19.0 Å². The first kappa shape index (κ1) is 19.5. The summed E-state index contributed by atoms with van der Waals surface area (Å²) in [6, 6.07) is 0.144. The van der Waals surface area contributed by atoms with E-state index in [1.165, 1.54) is 6.92 Å². The molecule has 154 valence electrons. The summed E-state index contributed by atoms with van der Waals surface area (Å²) in [4.78, 5) is 20.3. The van der Waals surface area contributed by atoms with Gasteiger partial charge in [-0.2, -0.15) is 9.37 Å².